The second-order valence-electron chi connectivity index (χ2n) is 6.38. The van der Waals surface area contributed by atoms with Gasteiger partial charge in [-0.1, -0.05) is 30.3 Å². The SMILES string of the molecule is CC(NC(=O)c1cc(Nc2ccc3c(c2)OCCO3)ncn1)c1ccccc1. The molecule has 0 fully saturated rings. The highest BCUT2D eigenvalue weighted by Crippen LogP contribution is 2.33. The van der Waals surface area contributed by atoms with E-state index in [1.807, 2.05) is 55.5 Å². The van der Waals surface area contributed by atoms with Crippen molar-refractivity contribution >= 4 is 17.4 Å². The van der Waals surface area contributed by atoms with Crippen LogP contribution >= 0.6 is 0 Å². The number of benzene rings is 2. The number of hydrogen-bond donors (Lipinski definition) is 2. The Morgan fingerprint density at radius 1 is 1.00 bits per heavy atom. The van der Waals surface area contributed by atoms with E-state index in [9.17, 15) is 4.79 Å². The third-order valence-electron chi connectivity index (χ3n) is 4.36. The molecule has 7 nitrogen and oxygen atoms in total. The Morgan fingerprint density at radius 2 is 1.79 bits per heavy atom. The molecule has 1 unspecified atom stereocenters. The van der Waals surface area contributed by atoms with Crippen LogP contribution in [0.15, 0.2) is 60.9 Å². The van der Waals surface area contributed by atoms with Gasteiger partial charge in [0.2, 0.25) is 0 Å². The minimum Gasteiger partial charge on any atom is -0.486 e. The molecule has 2 aromatic carbocycles. The van der Waals surface area contributed by atoms with Crippen LogP contribution in [-0.2, 0) is 0 Å². The molecule has 1 amide bonds. The fourth-order valence-corrected chi connectivity index (χ4v) is 2.91. The number of anilines is 2. The summed E-state index contributed by atoms with van der Waals surface area (Å²) in [6.45, 7) is 3.00. The monoisotopic (exact) mass is 376 g/mol. The van der Waals surface area contributed by atoms with Crippen LogP contribution < -0.4 is 20.1 Å². The Balaban J connectivity index is 1.46. The normalized spacial score (nSPS) is 13.5. The summed E-state index contributed by atoms with van der Waals surface area (Å²) in [5.74, 6) is 1.66. The number of carbonyl (C=O) groups excluding carboxylic acids is 1. The van der Waals surface area contributed by atoms with Crippen LogP contribution in [0.2, 0.25) is 0 Å². The molecule has 7 heteroatoms. The fourth-order valence-electron chi connectivity index (χ4n) is 2.91. The molecule has 1 atom stereocenters. The molecule has 2 N–H and O–H groups in total. The quantitative estimate of drug-likeness (QED) is 0.709. The van der Waals surface area contributed by atoms with E-state index in [1.165, 1.54) is 6.33 Å². The molecule has 3 aromatic rings. The topological polar surface area (TPSA) is 85.4 Å². The molecular formula is C21H20N4O3. The maximum absolute atomic E-state index is 12.6. The first-order chi connectivity index (χ1) is 13.7. The van der Waals surface area contributed by atoms with Crippen molar-refractivity contribution < 1.29 is 14.3 Å². The van der Waals surface area contributed by atoms with E-state index in [0.717, 1.165) is 17.0 Å². The summed E-state index contributed by atoms with van der Waals surface area (Å²) in [6.07, 6.45) is 1.36. The van der Waals surface area contributed by atoms with Crippen molar-refractivity contribution in [3.05, 3.63) is 72.2 Å². The second-order valence-corrected chi connectivity index (χ2v) is 6.38. The number of ether oxygens (including phenoxy) is 2. The summed E-state index contributed by atoms with van der Waals surface area (Å²) in [4.78, 5) is 20.8. The minimum absolute atomic E-state index is 0.127. The Morgan fingerprint density at radius 3 is 2.61 bits per heavy atom. The van der Waals surface area contributed by atoms with Crippen molar-refractivity contribution in [3.63, 3.8) is 0 Å². The molecule has 4 rings (SSSR count). The molecule has 1 aliphatic rings. The molecular weight excluding hydrogens is 356 g/mol. The molecule has 0 saturated carbocycles. The van der Waals surface area contributed by atoms with Crippen molar-refractivity contribution in [1.29, 1.82) is 0 Å². The first-order valence-electron chi connectivity index (χ1n) is 9.03. The lowest BCUT2D eigenvalue weighted by Crippen LogP contribution is -2.27. The lowest BCUT2D eigenvalue weighted by molar-refractivity contribution is 0.0934. The van der Waals surface area contributed by atoms with Gasteiger partial charge < -0.3 is 20.1 Å². The highest BCUT2D eigenvalue weighted by Gasteiger charge is 2.15. The number of amides is 1. The third-order valence-corrected chi connectivity index (χ3v) is 4.36. The average molecular weight is 376 g/mol. The van der Waals surface area contributed by atoms with E-state index < -0.39 is 0 Å². The third kappa shape index (κ3) is 4.03. The fraction of sp³-hybridized carbons (Fsp3) is 0.190. The van der Waals surface area contributed by atoms with Crippen LogP contribution in [-0.4, -0.2) is 29.1 Å². The van der Waals surface area contributed by atoms with Gasteiger partial charge in [0, 0.05) is 17.8 Å². The zero-order valence-corrected chi connectivity index (χ0v) is 15.4. The number of aromatic nitrogens is 2. The molecule has 0 aliphatic carbocycles. The van der Waals surface area contributed by atoms with Gasteiger partial charge in [-0.25, -0.2) is 9.97 Å². The molecule has 0 bridgehead atoms. The van der Waals surface area contributed by atoms with E-state index in [-0.39, 0.29) is 17.6 Å². The summed E-state index contributed by atoms with van der Waals surface area (Å²) >= 11 is 0. The Bertz CT molecular complexity index is 978. The van der Waals surface area contributed by atoms with E-state index in [1.54, 1.807) is 6.07 Å². The largest absolute Gasteiger partial charge is 0.486 e. The summed E-state index contributed by atoms with van der Waals surface area (Å²) in [6, 6.07) is 16.8. The predicted octanol–water partition coefficient (Wildman–Crippen LogP) is 3.48. The first kappa shape index (κ1) is 17.8. The molecule has 0 saturated heterocycles. The molecule has 1 aromatic heterocycles. The smallest absolute Gasteiger partial charge is 0.270 e. The molecule has 142 valence electrons. The van der Waals surface area contributed by atoms with Crippen molar-refractivity contribution in [2.75, 3.05) is 18.5 Å². The van der Waals surface area contributed by atoms with Crippen molar-refractivity contribution in [2.45, 2.75) is 13.0 Å². The number of carbonyl (C=O) groups is 1. The van der Waals surface area contributed by atoms with Gasteiger partial charge in [0.15, 0.2) is 11.5 Å². The highest BCUT2D eigenvalue weighted by molar-refractivity contribution is 5.93. The second kappa shape index (κ2) is 7.96. The number of fused-ring (bicyclic) bond motifs is 1. The Kier molecular flexibility index (Phi) is 5.05. The molecule has 2 heterocycles. The van der Waals surface area contributed by atoms with E-state index in [4.69, 9.17) is 9.47 Å². The Hall–Kier alpha value is -3.61. The van der Waals surface area contributed by atoms with Gasteiger partial charge in [-0.3, -0.25) is 4.79 Å². The standard InChI is InChI=1S/C21H20N4O3/c1-14(15-5-3-2-4-6-15)24-21(26)17-12-20(23-13-22-17)25-16-7-8-18-19(11-16)28-10-9-27-18/h2-8,11-14H,9-10H2,1H3,(H,24,26)(H,22,23,25). The zero-order valence-electron chi connectivity index (χ0n) is 15.4. The number of rotatable bonds is 5. The van der Waals surface area contributed by atoms with E-state index in [2.05, 4.69) is 20.6 Å². The van der Waals surface area contributed by atoms with Gasteiger partial charge in [-0.2, -0.15) is 0 Å². The number of nitrogens with one attached hydrogen (secondary N) is 2. The van der Waals surface area contributed by atoms with E-state index in [0.29, 0.717) is 24.8 Å². The molecule has 28 heavy (non-hydrogen) atoms. The van der Waals surface area contributed by atoms with Gasteiger partial charge >= 0.3 is 0 Å². The highest BCUT2D eigenvalue weighted by atomic mass is 16.6. The maximum Gasteiger partial charge on any atom is 0.270 e. The van der Waals surface area contributed by atoms with Crippen molar-refractivity contribution in [3.8, 4) is 11.5 Å². The molecule has 0 radical (unpaired) electrons. The van der Waals surface area contributed by atoms with Crippen molar-refractivity contribution in [2.24, 2.45) is 0 Å². The maximum atomic E-state index is 12.6. The minimum atomic E-state index is -0.260. The summed E-state index contributed by atoms with van der Waals surface area (Å²) < 4.78 is 11.1. The van der Waals surface area contributed by atoms with Crippen LogP contribution in [0.25, 0.3) is 0 Å². The first-order valence-corrected chi connectivity index (χ1v) is 9.03. The van der Waals surface area contributed by atoms with Crippen LogP contribution in [0.4, 0.5) is 11.5 Å². The summed E-state index contributed by atoms with van der Waals surface area (Å²) in [5, 5.41) is 6.12. The number of hydrogen-bond acceptors (Lipinski definition) is 6. The van der Waals surface area contributed by atoms with Crippen LogP contribution in [0.5, 0.6) is 11.5 Å². The van der Waals surface area contributed by atoms with Gasteiger partial charge in [-0.15, -0.1) is 0 Å². The van der Waals surface area contributed by atoms with Crippen LogP contribution in [0.3, 0.4) is 0 Å². The van der Waals surface area contributed by atoms with Gasteiger partial charge in [0.1, 0.15) is 31.1 Å². The van der Waals surface area contributed by atoms with E-state index >= 15 is 0 Å². The average Bonchev–Trinajstić information content (AvgIpc) is 2.74. The van der Waals surface area contributed by atoms with Gasteiger partial charge in [0.05, 0.1) is 6.04 Å². The lowest BCUT2D eigenvalue weighted by Gasteiger charge is -2.19. The summed E-state index contributed by atoms with van der Waals surface area (Å²) in [5.41, 5.74) is 2.10. The number of nitrogens with zero attached hydrogens (tertiary/aromatic N) is 2. The summed E-state index contributed by atoms with van der Waals surface area (Å²) in [7, 11) is 0. The van der Waals surface area contributed by atoms with Gasteiger partial charge in [0.25, 0.3) is 5.91 Å². The lowest BCUT2D eigenvalue weighted by atomic mass is 10.1. The van der Waals surface area contributed by atoms with Gasteiger partial charge in [-0.05, 0) is 24.6 Å². The van der Waals surface area contributed by atoms with Crippen LogP contribution in [0, 0.1) is 0 Å². The van der Waals surface area contributed by atoms with Crippen LogP contribution in [0.1, 0.15) is 29.0 Å². The Labute approximate surface area is 162 Å². The van der Waals surface area contributed by atoms with Crippen molar-refractivity contribution in [1.82, 2.24) is 15.3 Å². The predicted molar refractivity (Wildman–Crippen MR) is 105 cm³/mol. The molecule has 1 aliphatic heterocycles. The molecule has 0 spiro atoms. The zero-order chi connectivity index (χ0) is 19.3.